The molecule has 2 aromatic rings. The van der Waals surface area contributed by atoms with Crippen LogP contribution in [0.3, 0.4) is 0 Å². The number of H-pyrrole nitrogens is 1. The number of hydrogen-bond acceptors (Lipinski definition) is 4. The number of para-hydroxylation sites is 1. The van der Waals surface area contributed by atoms with Crippen molar-refractivity contribution in [2.24, 2.45) is 5.73 Å². The molecule has 6 heteroatoms. The van der Waals surface area contributed by atoms with Crippen LogP contribution in [0.5, 0.6) is 0 Å². The summed E-state index contributed by atoms with van der Waals surface area (Å²) in [7, 11) is 0. The fourth-order valence-corrected chi connectivity index (χ4v) is 1.20. The molecule has 15 heavy (non-hydrogen) atoms. The van der Waals surface area contributed by atoms with E-state index in [0.717, 1.165) is 0 Å². The maximum atomic E-state index is 11.1. The van der Waals surface area contributed by atoms with E-state index in [0.29, 0.717) is 17.2 Å². The molecule has 1 aromatic carbocycles. The third-order valence-electron chi connectivity index (χ3n) is 1.86. The number of nitrogens with two attached hydrogens (primary N) is 1. The number of primary amides is 1. The Hall–Kier alpha value is -2.37. The van der Waals surface area contributed by atoms with Crippen molar-refractivity contribution in [2.75, 3.05) is 5.32 Å². The molecular formula is C9H9N5O. The minimum absolute atomic E-state index is 0.411. The molecule has 1 heterocycles. The van der Waals surface area contributed by atoms with Crippen molar-refractivity contribution < 1.29 is 4.79 Å². The molecule has 0 saturated heterocycles. The summed E-state index contributed by atoms with van der Waals surface area (Å²) in [6.07, 6.45) is 1.37. The first-order chi connectivity index (χ1) is 7.27. The van der Waals surface area contributed by atoms with Crippen molar-refractivity contribution >= 4 is 17.5 Å². The molecule has 1 aromatic heterocycles. The summed E-state index contributed by atoms with van der Waals surface area (Å²) in [6, 6.07) is 6.92. The second-order valence-corrected chi connectivity index (χ2v) is 2.87. The number of hydrogen-bond donors (Lipinski definition) is 3. The van der Waals surface area contributed by atoms with E-state index in [2.05, 4.69) is 20.5 Å². The number of rotatable bonds is 3. The van der Waals surface area contributed by atoms with Crippen molar-refractivity contribution in [3.8, 4) is 0 Å². The Morgan fingerprint density at radius 3 is 2.87 bits per heavy atom. The minimum Gasteiger partial charge on any atom is -0.366 e. The van der Waals surface area contributed by atoms with Gasteiger partial charge in [0.1, 0.15) is 6.33 Å². The minimum atomic E-state index is -0.488. The third kappa shape index (κ3) is 1.93. The molecule has 0 aliphatic carbocycles. The van der Waals surface area contributed by atoms with Gasteiger partial charge in [-0.3, -0.25) is 4.79 Å². The van der Waals surface area contributed by atoms with Crippen molar-refractivity contribution in [1.29, 1.82) is 0 Å². The predicted octanol–water partition coefficient (Wildman–Crippen LogP) is 0.647. The summed E-state index contributed by atoms with van der Waals surface area (Å²) in [5, 5.41) is 9.21. The van der Waals surface area contributed by atoms with Crippen LogP contribution in [-0.2, 0) is 0 Å². The van der Waals surface area contributed by atoms with E-state index >= 15 is 0 Å². The third-order valence-corrected chi connectivity index (χ3v) is 1.86. The highest BCUT2D eigenvalue weighted by Crippen LogP contribution is 2.17. The average Bonchev–Trinajstić information content (AvgIpc) is 2.71. The van der Waals surface area contributed by atoms with Gasteiger partial charge < -0.3 is 11.1 Å². The molecular weight excluding hydrogens is 194 g/mol. The Morgan fingerprint density at radius 1 is 1.40 bits per heavy atom. The molecule has 0 bridgehead atoms. The molecule has 0 aliphatic heterocycles. The zero-order valence-corrected chi connectivity index (χ0v) is 7.77. The molecule has 0 saturated carbocycles. The van der Waals surface area contributed by atoms with Crippen LogP contribution in [0.4, 0.5) is 11.6 Å². The molecule has 0 fully saturated rings. The van der Waals surface area contributed by atoms with E-state index in [9.17, 15) is 4.79 Å². The number of benzene rings is 1. The second kappa shape index (κ2) is 3.79. The van der Waals surface area contributed by atoms with Gasteiger partial charge in [-0.1, -0.05) is 12.1 Å². The largest absolute Gasteiger partial charge is 0.366 e. The second-order valence-electron chi connectivity index (χ2n) is 2.87. The van der Waals surface area contributed by atoms with Gasteiger partial charge in [-0.15, -0.1) is 0 Å². The smallest absolute Gasteiger partial charge is 0.250 e. The molecule has 0 atom stereocenters. The van der Waals surface area contributed by atoms with Crippen LogP contribution < -0.4 is 11.1 Å². The van der Waals surface area contributed by atoms with Crippen LogP contribution in [0.1, 0.15) is 10.4 Å². The molecule has 0 spiro atoms. The zero-order valence-electron chi connectivity index (χ0n) is 7.77. The normalized spacial score (nSPS) is 9.87. The lowest BCUT2D eigenvalue weighted by atomic mass is 10.1. The molecule has 2 rings (SSSR count). The van der Waals surface area contributed by atoms with Gasteiger partial charge in [0.25, 0.3) is 5.91 Å². The van der Waals surface area contributed by atoms with Gasteiger partial charge in [0.05, 0.1) is 11.3 Å². The number of nitrogens with one attached hydrogen (secondary N) is 2. The van der Waals surface area contributed by atoms with Gasteiger partial charge in [-0.05, 0) is 12.1 Å². The van der Waals surface area contributed by atoms with Gasteiger partial charge >= 0.3 is 0 Å². The van der Waals surface area contributed by atoms with Crippen molar-refractivity contribution in [3.63, 3.8) is 0 Å². The van der Waals surface area contributed by atoms with Crippen LogP contribution in [-0.4, -0.2) is 21.1 Å². The number of aromatic amines is 1. The summed E-state index contributed by atoms with van der Waals surface area (Å²) >= 11 is 0. The summed E-state index contributed by atoms with van der Waals surface area (Å²) < 4.78 is 0. The molecule has 4 N–H and O–H groups in total. The van der Waals surface area contributed by atoms with E-state index in [1.54, 1.807) is 24.3 Å². The number of aromatic nitrogens is 3. The predicted molar refractivity (Wildman–Crippen MR) is 54.6 cm³/mol. The first-order valence-electron chi connectivity index (χ1n) is 4.28. The van der Waals surface area contributed by atoms with Gasteiger partial charge in [0, 0.05) is 0 Å². The lowest BCUT2D eigenvalue weighted by Gasteiger charge is -2.06. The lowest BCUT2D eigenvalue weighted by molar-refractivity contribution is 0.100. The first kappa shape index (κ1) is 9.20. The fraction of sp³-hybridized carbons (Fsp3) is 0. The summed E-state index contributed by atoms with van der Waals surface area (Å²) in [4.78, 5) is 15.0. The summed E-state index contributed by atoms with van der Waals surface area (Å²) in [6.45, 7) is 0. The van der Waals surface area contributed by atoms with E-state index in [4.69, 9.17) is 5.73 Å². The average molecular weight is 203 g/mol. The number of amides is 1. The summed E-state index contributed by atoms with van der Waals surface area (Å²) in [5.41, 5.74) is 6.23. The van der Waals surface area contributed by atoms with Crippen LogP contribution in [0.25, 0.3) is 0 Å². The van der Waals surface area contributed by atoms with Crippen LogP contribution in [0, 0.1) is 0 Å². The topological polar surface area (TPSA) is 96.7 Å². The number of carbonyl (C=O) groups is 1. The first-order valence-corrected chi connectivity index (χ1v) is 4.28. The molecule has 76 valence electrons. The summed E-state index contributed by atoms with van der Waals surface area (Å²) in [5.74, 6) is -0.0266. The molecule has 6 nitrogen and oxygen atoms in total. The maximum Gasteiger partial charge on any atom is 0.250 e. The number of anilines is 2. The Morgan fingerprint density at radius 2 is 2.20 bits per heavy atom. The highest BCUT2D eigenvalue weighted by Gasteiger charge is 2.07. The highest BCUT2D eigenvalue weighted by molar-refractivity contribution is 5.98. The molecule has 1 amide bonds. The Kier molecular flexibility index (Phi) is 2.32. The Balaban J connectivity index is 2.32. The van der Waals surface area contributed by atoms with E-state index < -0.39 is 5.91 Å². The van der Waals surface area contributed by atoms with Gasteiger partial charge in [-0.2, -0.15) is 10.1 Å². The maximum absolute atomic E-state index is 11.1. The Bertz CT molecular complexity index is 465. The lowest BCUT2D eigenvalue weighted by Crippen LogP contribution is -2.13. The van der Waals surface area contributed by atoms with E-state index in [1.807, 2.05) is 0 Å². The van der Waals surface area contributed by atoms with Crippen LogP contribution >= 0.6 is 0 Å². The molecule has 0 aliphatic rings. The molecule has 0 unspecified atom stereocenters. The number of carbonyl (C=O) groups excluding carboxylic acids is 1. The fourth-order valence-electron chi connectivity index (χ4n) is 1.20. The Labute approximate surface area is 85.5 Å². The van der Waals surface area contributed by atoms with Crippen molar-refractivity contribution in [1.82, 2.24) is 15.2 Å². The van der Waals surface area contributed by atoms with Crippen molar-refractivity contribution in [3.05, 3.63) is 36.2 Å². The highest BCUT2D eigenvalue weighted by atomic mass is 16.1. The van der Waals surface area contributed by atoms with E-state index in [1.165, 1.54) is 6.33 Å². The SMILES string of the molecule is NC(=O)c1ccccc1Nc1ncn[nH]1. The monoisotopic (exact) mass is 203 g/mol. The zero-order chi connectivity index (χ0) is 10.7. The van der Waals surface area contributed by atoms with Gasteiger partial charge in [0.2, 0.25) is 5.95 Å². The van der Waals surface area contributed by atoms with Crippen molar-refractivity contribution in [2.45, 2.75) is 0 Å². The van der Waals surface area contributed by atoms with Crippen LogP contribution in [0.2, 0.25) is 0 Å². The van der Waals surface area contributed by atoms with Crippen LogP contribution in [0.15, 0.2) is 30.6 Å². The quantitative estimate of drug-likeness (QED) is 0.682. The molecule has 0 radical (unpaired) electrons. The van der Waals surface area contributed by atoms with Gasteiger partial charge in [0.15, 0.2) is 0 Å². The standard InChI is InChI=1S/C9H9N5O/c10-8(15)6-3-1-2-4-7(6)13-9-11-5-12-14-9/h1-5H,(H2,10,15)(H2,11,12,13,14). The van der Waals surface area contributed by atoms with E-state index in [-0.39, 0.29) is 0 Å². The van der Waals surface area contributed by atoms with Gasteiger partial charge in [-0.25, -0.2) is 5.10 Å². The number of nitrogens with zero attached hydrogens (tertiary/aromatic N) is 2.